The van der Waals surface area contributed by atoms with Crippen LogP contribution in [-0.2, 0) is 4.79 Å². The third kappa shape index (κ3) is 3.88. The number of carbonyl (C=O) groups is 2. The number of ether oxygens (including phenoxy) is 1. The van der Waals surface area contributed by atoms with Gasteiger partial charge in [-0.05, 0) is 37.6 Å². The summed E-state index contributed by atoms with van der Waals surface area (Å²) in [7, 11) is 0. The molecular weight excluding hydrogens is 292 g/mol. The predicted molar refractivity (Wildman–Crippen MR) is 89.7 cm³/mol. The summed E-state index contributed by atoms with van der Waals surface area (Å²) < 4.78 is 5.51. The van der Waals surface area contributed by atoms with E-state index in [0.29, 0.717) is 12.3 Å². The SMILES string of the molecule is CCN(C(=O)COc1ccccc1C(N)=O)c1ccccc1C. The van der Waals surface area contributed by atoms with E-state index < -0.39 is 5.91 Å². The minimum absolute atomic E-state index is 0.160. The summed E-state index contributed by atoms with van der Waals surface area (Å²) in [6.45, 7) is 4.23. The quantitative estimate of drug-likeness (QED) is 0.891. The molecule has 0 saturated carbocycles. The van der Waals surface area contributed by atoms with E-state index in [0.717, 1.165) is 11.3 Å². The van der Waals surface area contributed by atoms with E-state index in [4.69, 9.17) is 10.5 Å². The zero-order valence-corrected chi connectivity index (χ0v) is 13.3. The zero-order chi connectivity index (χ0) is 16.8. The van der Waals surface area contributed by atoms with Crippen molar-refractivity contribution in [3.05, 3.63) is 59.7 Å². The smallest absolute Gasteiger partial charge is 0.264 e. The fourth-order valence-electron chi connectivity index (χ4n) is 2.36. The van der Waals surface area contributed by atoms with E-state index in [2.05, 4.69) is 0 Å². The zero-order valence-electron chi connectivity index (χ0n) is 13.3. The summed E-state index contributed by atoms with van der Waals surface area (Å²) in [6.07, 6.45) is 0. The number of hydrogen-bond donors (Lipinski definition) is 1. The van der Waals surface area contributed by atoms with Gasteiger partial charge in [-0.3, -0.25) is 9.59 Å². The Hall–Kier alpha value is -2.82. The third-order valence-electron chi connectivity index (χ3n) is 3.53. The Balaban J connectivity index is 2.13. The van der Waals surface area contributed by atoms with Gasteiger partial charge in [0.05, 0.1) is 5.56 Å². The van der Waals surface area contributed by atoms with Gasteiger partial charge in [0.2, 0.25) is 0 Å². The van der Waals surface area contributed by atoms with E-state index in [9.17, 15) is 9.59 Å². The summed E-state index contributed by atoms with van der Waals surface area (Å²) in [4.78, 5) is 25.5. The molecule has 0 atom stereocenters. The molecule has 23 heavy (non-hydrogen) atoms. The van der Waals surface area contributed by atoms with Gasteiger partial charge in [0, 0.05) is 12.2 Å². The summed E-state index contributed by atoms with van der Waals surface area (Å²) in [5.74, 6) is -0.449. The third-order valence-corrected chi connectivity index (χ3v) is 3.53. The highest BCUT2D eigenvalue weighted by atomic mass is 16.5. The molecule has 2 rings (SSSR count). The lowest BCUT2D eigenvalue weighted by Gasteiger charge is -2.23. The first-order chi connectivity index (χ1) is 11.0. The molecule has 5 heteroatoms. The molecule has 2 aromatic carbocycles. The number of hydrogen-bond acceptors (Lipinski definition) is 3. The Morgan fingerprint density at radius 1 is 1.09 bits per heavy atom. The fraction of sp³-hybridized carbons (Fsp3) is 0.222. The van der Waals surface area contributed by atoms with Gasteiger partial charge < -0.3 is 15.4 Å². The number of nitrogens with two attached hydrogens (primary N) is 1. The van der Waals surface area contributed by atoms with Crippen LogP contribution in [-0.4, -0.2) is 25.0 Å². The van der Waals surface area contributed by atoms with E-state index >= 15 is 0 Å². The van der Waals surface area contributed by atoms with Crippen LogP contribution >= 0.6 is 0 Å². The fourth-order valence-corrected chi connectivity index (χ4v) is 2.36. The second kappa shape index (κ2) is 7.45. The maximum absolute atomic E-state index is 12.5. The second-order valence-corrected chi connectivity index (χ2v) is 5.07. The van der Waals surface area contributed by atoms with Crippen molar-refractivity contribution in [2.75, 3.05) is 18.1 Å². The Labute approximate surface area is 135 Å². The average Bonchev–Trinajstić information content (AvgIpc) is 2.55. The Morgan fingerprint density at radius 2 is 1.74 bits per heavy atom. The number of carbonyl (C=O) groups excluding carboxylic acids is 2. The molecule has 0 radical (unpaired) electrons. The highest BCUT2D eigenvalue weighted by Gasteiger charge is 2.17. The maximum Gasteiger partial charge on any atom is 0.264 e. The number of likely N-dealkylation sites (N-methyl/N-ethyl adjacent to an activating group) is 1. The molecule has 0 fully saturated rings. The van der Waals surface area contributed by atoms with Crippen molar-refractivity contribution in [1.82, 2.24) is 0 Å². The topological polar surface area (TPSA) is 72.6 Å². The van der Waals surface area contributed by atoms with Crippen LogP contribution < -0.4 is 15.4 Å². The molecule has 0 aliphatic rings. The van der Waals surface area contributed by atoms with Crippen molar-refractivity contribution in [3.8, 4) is 5.75 Å². The van der Waals surface area contributed by atoms with Crippen molar-refractivity contribution in [2.45, 2.75) is 13.8 Å². The van der Waals surface area contributed by atoms with E-state index in [1.54, 1.807) is 29.2 Å². The van der Waals surface area contributed by atoms with Gasteiger partial charge in [-0.15, -0.1) is 0 Å². The lowest BCUT2D eigenvalue weighted by Crippen LogP contribution is -2.35. The molecule has 2 amide bonds. The molecule has 0 unspecified atom stereocenters. The van der Waals surface area contributed by atoms with E-state index in [1.807, 2.05) is 38.1 Å². The molecule has 0 aliphatic heterocycles. The van der Waals surface area contributed by atoms with Crippen LogP contribution in [0.4, 0.5) is 5.69 Å². The lowest BCUT2D eigenvalue weighted by atomic mass is 10.2. The molecule has 2 aromatic rings. The molecule has 0 aromatic heterocycles. The lowest BCUT2D eigenvalue weighted by molar-refractivity contribution is -0.120. The molecule has 0 saturated heterocycles. The first-order valence-corrected chi connectivity index (χ1v) is 7.42. The molecule has 2 N–H and O–H groups in total. The number of para-hydroxylation sites is 2. The van der Waals surface area contributed by atoms with Gasteiger partial charge >= 0.3 is 0 Å². The number of anilines is 1. The maximum atomic E-state index is 12.5. The summed E-state index contributed by atoms with van der Waals surface area (Å²) >= 11 is 0. The van der Waals surface area contributed by atoms with Crippen molar-refractivity contribution >= 4 is 17.5 Å². The van der Waals surface area contributed by atoms with Crippen molar-refractivity contribution in [1.29, 1.82) is 0 Å². The van der Waals surface area contributed by atoms with Crippen LogP contribution in [0, 0.1) is 6.92 Å². The van der Waals surface area contributed by atoms with E-state index in [1.165, 1.54) is 0 Å². The van der Waals surface area contributed by atoms with Crippen molar-refractivity contribution in [2.24, 2.45) is 5.73 Å². The number of rotatable bonds is 6. The average molecular weight is 312 g/mol. The predicted octanol–water partition coefficient (Wildman–Crippen LogP) is 2.53. The van der Waals surface area contributed by atoms with Gasteiger partial charge in [0.15, 0.2) is 6.61 Å². The van der Waals surface area contributed by atoms with Crippen molar-refractivity contribution in [3.63, 3.8) is 0 Å². The van der Waals surface area contributed by atoms with Gasteiger partial charge in [0.25, 0.3) is 11.8 Å². The molecule has 0 bridgehead atoms. The normalized spacial score (nSPS) is 10.2. The monoisotopic (exact) mass is 312 g/mol. The molecular formula is C18H20N2O3. The summed E-state index contributed by atoms with van der Waals surface area (Å²) in [6, 6.07) is 14.3. The van der Waals surface area contributed by atoms with Gasteiger partial charge in [-0.2, -0.15) is 0 Å². The van der Waals surface area contributed by atoms with Crippen LogP contribution in [0.25, 0.3) is 0 Å². The Morgan fingerprint density at radius 3 is 2.39 bits per heavy atom. The number of amides is 2. The van der Waals surface area contributed by atoms with Crippen LogP contribution in [0.3, 0.4) is 0 Å². The van der Waals surface area contributed by atoms with Crippen LogP contribution in [0.1, 0.15) is 22.8 Å². The van der Waals surface area contributed by atoms with Gasteiger partial charge in [0.1, 0.15) is 5.75 Å². The van der Waals surface area contributed by atoms with Crippen LogP contribution in [0.2, 0.25) is 0 Å². The molecule has 0 heterocycles. The summed E-state index contributed by atoms with van der Waals surface area (Å²) in [5, 5.41) is 0. The highest BCUT2D eigenvalue weighted by molar-refractivity contribution is 5.97. The molecule has 120 valence electrons. The number of aryl methyl sites for hydroxylation is 1. The molecule has 5 nitrogen and oxygen atoms in total. The Kier molecular flexibility index (Phi) is 5.36. The number of primary amides is 1. The molecule has 0 aliphatic carbocycles. The first kappa shape index (κ1) is 16.5. The molecule has 0 spiro atoms. The first-order valence-electron chi connectivity index (χ1n) is 7.42. The van der Waals surface area contributed by atoms with Gasteiger partial charge in [-0.25, -0.2) is 0 Å². The number of nitrogens with zero attached hydrogens (tertiary/aromatic N) is 1. The van der Waals surface area contributed by atoms with Crippen LogP contribution in [0.5, 0.6) is 5.75 Å². The Bertz CT molecular complexity index is 713. The second-order valence-electron chi connectivity index (χ2n) is 5.07. The number of benzene rings is 2. The largest absolute Gasteiger partial charge is 0.483 e. The van der Waals surface area contributed by atoms with Crippen molar-refractivity contribution < 1.29 is 14.3 Å². The summed E-state index contributed by atoms with van der Waals surface area (Å²) in [5.41, 5.74) is 7.43. The van der Waals surface area contributed by atoms with Crippen LogP contribution in [0.15, 0.2) is 48.5 Å². The minimum atomic E-state index is -0.584. The standard InChI is InChI=1S/C18H20N2O3/c1-3-20(15-10-6-4-8-13(15)2)17(21)12-23-16-11-7-5-9-14(16)18(19)22/h4-11H,3,12H2,1-2H3,(H2,19,22). The van der Waals surface area contributed by atoms with Gasteiger partial charge in [-0.1, -0.05) is 30.3 Å². The minimum Gasteiger partial charge on any atom is -0.483 e. The van der Waals surface area contributed by atoms with E-state index in [-0.39, 0.29) is 18.1 Å². The highest BCUT2D eigenvalue weighted by Crippen LogP contribution is 2.21.